The van der Waals surface area contributed by atoms with E-state index in [-0.39, 0.29) is 0 Å². The van der Waals surface area contributed by atoms with Crippen molar-refractivity contribution in [2.24, 2.45) is 0 Å². The van der Waals surface area contributed by atoms with E-state index in [0.717, 1.165) is 61.5 Å². The van der Waals surface area contributed by atoms with Gasteiger partial charge in [-0.3, -0.25) is 0 Å². The highest BCUT2D eigenvalue weighted by atomic mass is 14.9. The Labute approximate surface area is 391 Å². The summed E-state index contributed by atoms with van der Waals surface area (Å²) in [7, 11) is 0. The molecule has 10 aromatic carbocycles. The quantitative estimate of drug-likeness (QED) is 0.167. The van der Waals surface area contributed by atoms with Gasteiger partial charge < -0.3 is 0 Å². The van der Waals surface area contributed by atoms with Gasteiger partial charge in [0, 0.05) is 16.7 Å². The molecule has 0 saturated heterocycles. The van der Waals surface area contributed by atoms with E-state index in [4.69, 9.17) is 9.97 Å². The predicted molar refractivity (Wildman–Crippen MR) is 276 cm³/mol. The van der Waals surface area contributed by atoms with Crippen LogP contribution in [0.3, 0.4) is 0 Å². The summed E-state index contributed by atoms with van der Waals surface area (Å²) in [4.78, 5) is 11.0. The van der Waals surface area contributed by atoms with E-state index >= 15 is 0 Å². The Balaban J connectivity index is 1.08. The molecule has 0 N–H and O–H groups in total. The van der Waals surface area contributed by atoms with Gasteiger partial charge in [0.05, 0.1) is 16.8 Å². The number of fused-ring (bicyclic) bond motifs is 12. The summed E-state index contributed by atoms with van der Waals surface area (Å²) < 4.78 is 0. The monoisotopic (exact) mass is 850 g/mol. The maximum absolute atomic E-state index is 5.51. The van der Waals surface area contributed by atoms with Crippen LogP contribution < -0.4 is 0 Å². The van der Waals surface area contributed by atoms with Gasteiger partial charge in [-0.1, -0.05) is 218 Å². The highest BCUT2D eigenvalue weighted by Crippen LogP contribution is 2.61. The van der Waals surface area contributed by atoms with Crippen LogP contribution in [0.2, 0.25) is 0 Å². The van der Waals surface area contributed by atoms with E-state index in [1.807, 2.05) is 0 Å². The fourth-order valence-electron chi connectivity index (χ4n) is 10.9. The molecule has 2 nitrogen and oxygen atoms in total. The van der Waals surface area contributed by atoms with Gasteiger partial charge in [0.25, 0.3) is 0 Å². The molecular formula is C65H42N2. The van der Waals surface area contributed by atoms with Crippen LogP contribution in [0.5, 0.6) is 0 Å². The molecule has 2 heteroatoms. The number of rotatable bonds is 6. The lowest BCUT2D eigenvalue weighted by atomic mass is 9.66. The topological polar surface area (TPSA) is 25.8 Å². The van der Waals surface area contributed by atoms with Gasteiger partial charge in [0.2, 0.25) is 0 Å². The molecule has 0 fully saturated rings. The summed E-state index contributed by atoms with van der Waals surface area (Å²) in [6.45, 7) is 0. The Morgan fingerprint density at radius 1 is 0.209 bits per heavy atom. The van der Waals surface area contributed by atoms with Gasteiger partial charge in [0.15, 0.2) is 5.82 Å². The summed E-state index contributed by atoms with van der Waals surface area (Å²) in [6.07, 6.45) is 0. The zero-order valence-electron chi connectivity index (χ0n) is 36.6. The minimum absolute atomic E-state index is 0.553. The van der Waals surface area contributed by atoms with Gasteiger partial charge in [-0.05, 0) is 125 Å². The van der Waals surface area contributed by atoms with Gasteiger partial charge in [-0.15, -0.1) is 0 Å². The fourth-order valence-corrected chi connectivity index (χ4v) is 10.9. The maximum atomic E-state index is 5.51. The minimum atomic E-state index is -0.553. The Hall–Kier alpha value is -8.72. The zero-order chi connectivity index (χ0) is 44.3. The number of hydrogen-bond acceptors (Lipinski definition) is 2. The summed E-state index contributed by atoms with van der Waals surface area (Å²) in [5.41, 5.74) is 23.6. The number of hydrogen-bond donors (Lipinski definition) is 0. The van der Waals surface area contributed by atoms with Crippen LogP contribution in [-0.2, 0) is 5.41 Å². The van der Waals surface area contributed by atoms with Gasteiger partial charge >= 0.3 is 0 Å². The van der Waals surface area contributed by atoms with E-state index in [9.17, 15) is 0 Å². The molecule has 1 heterocycles. The standard InChI is InChI=1S/C65H42N2/c1-4-19-43(20-5-1)46-25-18-26-48(37-46)64-66-62(42-63(67-64)51-39-49(44-21-6-2-7-22-44)38-50(40-51)45-23-8-3-9-24-45)47-35-36-61-57(41-47)53-28-11-10-27-52(53)54-29-12-15-32-58(54)65(61)59-33-16-13-30-55(59)56-31-14-17-34-60(56)65/h1-42H. The van der Waals surface area contributed by atoms with Crippen LogP contribution in [0.25, 0.3) is 101 Å². The SMILES string of the molecule is c1ccc(-c2cc(-c3ccccc3)cc(-c3cc(-c4ccc5c(c4)-c4ccccc4-c4ccccc4C54c5ccccc5-c5ccccc54)nc(-c4cccc(-c5ccccc5)c4)n3)c2)cc1. The highest BCUT2D eigenvalue weighted by Gasteiger charge is 2.49. The van der Waals surface area contributed by atoms with Gasteiger partial charge in [-0.2, -0.15) is 0 Å². The van der Waals surface area contributed by atoms with E-state index in [0.29, 0.717) is 5.82 Å². The Bertz CT molecular complexity index is 3580. The molecule has 1 spiro atoms. The number of aromatic nitrogens is 2. The van der Waals surface area contributed by atoms with Gasteiger partial charge in [0.1, 0.15) is 0 Å². The van der Waals surface area contributed by atoms with E-state index < -0.39 is 5.41 Å². The molecular weight excluding hydrogens is 809 g/mol. The van der Waals surface area contributed by atoms with Gasteiger partial charge in [-0.25, -0.2) is 9.97 Å². The van der Waals surface area contributed by atoms with E-state index in [1.54, 1.807) is 0 Å². The van der Waals surface area contributed by atoms with Crippen LogP contribution in [0.1, 0.15) is 22.3 Å². The Kier molecular flexibility index (Phi) is 9.11. The molecule has 0 saturated carbocycles. The first kappa shape index (κ1) is 38.7. The molecule has 13 rings (SSSR count). The normalized spacial score (nSPS) is 12.6. The maximum Gasteiger partial charge on any atom is 0.160 e. The minimum Gasteiger partial charge on any atom is -0.228 e. The highest BCUT2D eigenvalue weighted by molar-refractivity contribution is 5.98. The van der Waals surface area contributed by atoms with Crippen molar-refractivity contribution in [1.29, 1.82) is 0 Å². The zero-order valence-corrected chi connectivity index (χ0v) is 36.6. The summed E-state index contributed by atoms with van der Waals surface area (Å²) in [5.74, 6) is 0.675. The molecule has 11 aromatic rings. The molecule has 2 aliphatic rings. The van der Waals surface area contributed by atoms with Crippen molar-refractivity contribution >= 4 is 0 Å². The lowest BCUT2D eigenvalue weighted by Gasteiger charge is -2.35. The van der Waals surface area contributed by atoms with Crippen molar-refractivity contribution in [3.63, 3.8) is 0 Å². The van der Waals surface area contributed by atoms with Crippen molar-refractivity contribution in [2.75, 3.05) is 0 Å². The third kappa shape index (κ3) is 6.33. The number of benzene rings is 10. The summed E-state index contributed by atoms with van der Waals surface area (Å²) >= 11 is 0. The first-order chi connectivity index (χ1) is 33.2. The van der Waals surface area contributed by atoms with Crippen LogP contribution in [0.15, 0.2) is 255 Å². The Morgan fingerprint density at radius 2 is 0.582 bits per heavy atom. The van der Waals surface area contributed by atoms with Crippen molar-refractivity contribution in [2.45, 2.75) is 5.41 Å². The number of nitrogens with zero attached hydrogens (tertiary/aromatic N) is 2. The summed E-state index contributed by atoms with van der Waals surface area (Å²) in [6, 6.07) is 92.6. The third-order valence-electron chi connectivity index (χ3n) is 13.9. The molecule has 312 valence electrons. The Morgan fingerprint density at radius 3 is 1.13 bits per heavy atom. The summed E-state index contributed by atoms with van der Waals surface area (Å²) in [5, 5.41) is 0. The van der Waals surface area contributed by atoms with E-state index in [2.05, 4.69) is 255 Å². The second-order valence-corrected chi connectivity index (χ2v) is 17.6. The average Bonchev–Trinajstić information content (AvgIpc) is 3.66. The molecule has 1 aromatic heterocycles. The molecule has 0 atom stereocenters. The van der Waals surface area contributed by atoms with E-state index in [1.165, 1.54) is 55.6 Å². The molecule has 0 amide bonds. The largest absolute Gasteiger partial charge is 0.228 e. The first-order valence-corrected chi connectivity index (χ1v) is 23.1. The van der Waals surface area contributed by atoms with Crippen LogP contribution in [0, 0.1) is 0 Å². The lowest BCUT2D eigenvalue weighted by Crippen LogP contribution is -2.29. The van der Waals surface area contributed by atoms with Crippen LogP contribution in [0.4, 0.5) is 0 Å². The lowest BCUT2D eigenvalue weighted by molar-refractivity contribution is 0.775. The smallest absolute Gasteiger partial charge is 0.160 e. The first-order valence-electron chi connectivity index (χ1n) is 23.1. The average molecular weight is 851 g/mol. The predicted octanol–water partition coefficient (Wildman–Crippen LogP) is 16.5. The molecule has 0 radical (unpaired) electrons. The second-order valence-electron chi connectivity index (χ2n) is 17.6. The molecule has 0 unspecified atom stereocenters. The second kappa shape index (κ2) is 15.8. The molecule has 0 bridgehead atoms. The van der Waals surface area contributed by atoms with Crippen molar-refractivity contribution in [3.8, 4) is 101 Å². The van der Waals surface area contributed by atoms with Crippen LogP contribution >= 0.6 is 0 Å². The molecule has 2 aliphatic carbocycles. The van der Waals surface area contributed by atoms with Crippen molar-refractivity contribution in [1.82, 2.24) is 9.97 Å². The third-order valence-corrected chi connectivity index (χ3v) is 13.9. The van der Waals surface area contributed by atoms with Crippen molar-refractivity contribution < 1.29 is 0 Å². The van der Waals surface area contributed by atoms with Crippen LogP contribution in [-0.4, -0.2) is 9.97 Å². The molecule has 67 heavy (non-hydrogen) atoms. The molecule has 0 aliphatic heterocycles. The fraction of sp³-hybridized carbons (Fsp3) is 0.0154. The van der Waals surface area contributed by atoms with Crippen molar-refractivity contribution in [3.05, 3.63) is 277 Å².